The van der Waals surface area contributed by atoms with Gasteiger partial charge in [0, 0.05) is 5.70 Å². The number of hydrogen-bond acceptors (Lipinski definition) is 3. The molecule has 0 radical (unpaired) electrons. The third kappa shape index (κ3) is 4.06. The van der Waals surface area contributed by atoms with E-state index in [0.717, 1.165) is 0 Å². The molecule has 1 aliphatic rings. The van der Waals surface area contributed by atoms with E-state index < -0.39 is 18.0 Å². The molecule has 122 valence electrons. The Labute approximate surface area is 144 Å². The van der Waals surface area contributed by atoms with Crippen LogP contribution in [0, 0.1) is 0 Å². The van der Waals surface area contributed by atoms with E-state index in [2.05, 4.69) is 10.6 Å². The van der Waals surface area contributed by atoms with Crippen molar-refractivity contribution in [1.82, 2.24) is 10.6 Å². The Balaban J connectivity index is 2.37. The second-order valence-corrected chi connectivity index (χ2v) is 5.73. The number of nitrogens with one attached hydrogen (secondary N) is 2. The average Bonchev–Trinajstić information content (AvgIpc) is 2.49. The topological polar surface area (TPSA) is 67.4 Å². The van der Waals surface area contributed by atoms with Crippen LogP contribution in [0.1, 0.15) is 25.5 Å². The number of allylic oxidation sites excluding steroid dienone is 2. The molecule has 2 rings (SSSR count). The third-order valence-electron chi connectivity index (χ3n) is 3.31. The summed E-state index contributed by atoms with van der Waals surface area (Å²) in [5, 5.41) is 6.02. The van der Waals surface area contributed by atoms with Crippen molar-refractivity contribution in [2.45, 2.75) is 19.9 Å². The lowest BCUT2D eigenvalue weighted by Crippen LogP contribution is -2.45. The van der Waals surface area contributed by atoms with Crippen LogP contribution in [-0.4, -0.2) is 18.6 Å². The van der Waals surface area contributed by atoms with Gasteiger partial charge in [-0.1, -0.05) is 41.4 Å². The molecule has 2 amide bonds. The highest BCUT2D eigenvalue weighted by molar-refractivity contribution is 6.42. The first-order valence-corrected chi connectivity index (χ1v) is 7.71. The summed E-state index contributed by atoms with van der Waals surface area (Å²) in [6.07, 6.45) is 3.50. The highest BCUT2D eigenvalue weighted by atomic mass is 35.5. The molecular weight excluding hydrogens is 339 g/mol. The molecule has 1 unspecified atom stereocenters. The maximum absolute atomic E-state index is 12.4. The van der Waals surface area contributed by atoms with Crippen molar-refractivity contribution in [3.05, 3.63) is 57.2 Å². The van der Waals surface area contributed by atoms with Gasteiger partial charge in [0.15, 0.2) is 0 Å². The van der Waals surface area contributed by atoms with Crippen molar-refractivity contribution in [3.8, 4) is 0 Å². The van der Waals surface area contributed by atoms with Crippen LogP contribution in [0.5, 0.6) is 0 Å². The third-order valence-corrected chi connectivity index (χ3v) is 4.05. The summed E-state index contributed by atoms with van der Waals surface area (Å²) in [5.74, 6) is -0.510. The summed E-state index contributed by atoms with van der Waals surface area (Å²) in [6.45, 7) is 3.64. The van der Waals surface area contributed by atoms with Gasteiger partial charge in [0.05, 0.1) is 21.7 Å². The fourth-order valence-electron chi connectivity index (χ4n) is 2.20. The molecule has 0 bridgehead atoms. The van der Waals surface area contributed by atoms with Crippen LogP contribution < -0.4 is 10.6 Å². The van der Waals surface area contributed by atoms with E-state index in [0.29, 0.717) is 26.9 Å². The summed E-state index contributed by atoms with van der Waals surface area (Å²) in [6, 6.07) is 3.88. The van der Waals surface area contributed by atoms with Gasteiger partial charge in [-0.15, -0.1) is 0 Å². The predicted octanol–water partition coefficient (Wildman–Crippen LogP) is 3.74. The minimum atomic E-state index is -0.656. The van der Waals surface area contributed by atoms with E-state index in [4.69, 9.17) is 27.9 Å². The first-order valence-electron chi connectivity index (χ1n) is 6.95. The van der Waals surface area contributed by atoms with Gasteiger partial charge >= 0.3 is 12.0 Å². The quantitative estimate of drug-likeness (QED) is 0.639. The predicted molar refractivity (Wildman–Crippen MR) is 89.3 cm³/mol. The van der Waals surface area contributed by atoms with Crippen molar-refractivity contribution in [3.63, 3.8) is 0 Å². The number of rotatable bonds is 4. The molecule has 7 heteroatoms. The van der Waals surface area contributed by atoms with E-state index in [1.165, 1.54) is 0 Å². The van der Waals surface area contributed by atoms with E-state index >= 15 is 0 Å². The molecule has 0 spiro atoms. The molecule has 1 aromatic rings. The van der Waals surface area contributed by atoms with E-state index in [1.807, 2.05) is 6.92 Å². The lowest BCUT2D eigenvalue weighted by Gasteiger charge is -2.28. The maximum atomic E-state index is 12.4. The minimum Gasteiger partial charge on any atom is -0.458 e. The van der Waals surface area contributed by atoms with Crippen LogP contribution >= 0.6 is 23.2 Å². The molecule has 1 aliphatic heterocycles. The van der Waals surface area contributed by atoms with E-state index in [-0.39, 0.29) is 6.61 Å². The molecular formula is C16H16Cl2N2O3. The minimum absolute atomic E-state index is 0.161. The number of carbonyl (C=O) groups excluding carboxylic acids is 2. The van der Waals surface area contributed by atoms with Crippen LogP contribution in [0.3, 0.4) is 0 Å². The number of ether oxygens (including phenoxy) is 1. The number of esters is 1. The SMILES string of the molecule is CC=CCOC(=O)C1=C(C)NC(=O)NC1c1ccc(Cl)c(Cl)c1. The number of halogens is 2. The van der Waals surface area contributed by atoms with Crippen LogP contribution in [-0.2, 0) is 9.53 Å². The monoisotopic (exact) mass is 354 g/mol. The summed E-state index contributed by atoms with van der Waals surface area (Å²) < 4.78 is 5.20. The lowest BCUT2D eigenvalue weighted by molar-refractivity contribution is -0.138. The normalized spacial score (nSPS) is 17.9. The molecule has 2 N–H and O–H groups in total. The van der Waals surface area contributed by atoms with Crippen molar-refractivity contribution in [2.24, 2.45) is 0 Å². The van der Waals surface area contributed by atoms with E-state index in [1.54, 1.807) is 37.3 Å². The zero-order valence-corrected chi connectivity index (χ0v) is 14.2. The Morgan fingerprint density at radius 3 is 2.74 bits per heavy atom. The van der Waals surface area contributed by atoms with Crippen LogP contribution in [0.25, 0.3) is 0 Å². The Bertz CT molecular complexity index is 699. The molecule has 1 aromatic carbocycles. The second kappa shape index (κ2) is 7.53. The number of urea groups is 1. The fraction of sp³-hybridized carbons (Fsp3) is 0.250. The number of benzene rings is 1. The van der Waals surface area contributed by atoms with Crippen molar-refractivity contribution >= 4 is 35.2 Å². The van der Waals surface area contributed by atoms with Gasteiger partial charge in [0.25, 0.3) is 0 Å². The van der Waals surface area contributed by atoms with Crippen LogP contribution in [0.4, 0.5) is 4.79 Å². The molecule has 5 nitrogen and oxygen atoms in total. The molecule has 0 aromatic heterocycles. The number of carbonyl (C=O) groups is 2. The van der Waals surface area contributed by atoms with Gasteiger partial charge in [-0.25, -0.2) is 9.59 Å². The number of amides is 2. The summed E-state index contributed by atoms with van der Waals surface area (Å²) in [4.78, 5) is 24.1. The van der Waals surface area contributed by atoms with Crippen LogP contribution in [0.2, 0.25) is 10.0 Å². The molecule has 0 saturated carbocycles. The standard InChI is InChI=1S/C16H16Cl2N2O3/c1-3-4-7-23-15(21)13-9(2)19-16(22)20-14(13)10-5-6-11(17)12(18)8-10/h3-6,8,14H,7H2,1-2H3,(H2,19,20,22). The summed E-state index contributed by atoms with van der Waals surface area (Å²) in [7, 11) is 0. The van der Waals surface area contributed by atoms with Gasteiger partial charge in [0.2, 0.25) is 0 Å². The zero-order chi connectivity index (χ0) is 17.0. The van der Waals surface area contributed by atoms with Crippen molar-refractivity contribution in [2.75, 3.05) is 6.61 Å². The zero-order valence-electron chi connectivity index (χ0n) is 12.7. The largest absolute Gasteiger partial charge is 0.458 e. The lowest BCUT2D eigenvalue weighted by atomic mass is 9.95. The number of hydrogen-bond donors (Lipinski definition) is 2. The molecule has 0 saturated heterocycles. The van der Waals surface area contributed by atoms with Gasteiger partial charge in [-0.2, -0.15) is 0 Å². The highest BCUT2D eigenvalue weighted by Gasteiger charge is 2.32. The highest BCUT2D eigenvalue weighted by Crippen LogP contribution is 2.31. The molecule has 23 heavy (non-hydrogen) atoms. The van der Waals surface area contributed by atoms with Gasteiger partial charge in [-0.3, -0.25) is 0 Å². The first kappa shape index (κ1) is 17.4. The summed E-state index contributed by atoms with van der Waals surface area (Å²) in [5.41, 5.74) is 1.41. The molecule has 0 aliphatic carbocycles. The Kier molecular flexibility index (Phi) is 5.69. The smallest absolute Gasteiger partial charge is 0.338 e. The molecule has 1 heterocycles. The Morgan fingerprint density at radius 1 is 1.35 bits per heavy atom. The Hall–Kier alpha value is -1.98. The molecule has 0 fully saturated rings. The maximum Gasteiger partial charge on any atom is 0.338 e. The average molecular weight is 355 g/mol. The van der Waals surface area contributed by atoms with Crippen LogP contribution in [0.15, 0.2) is 41.6 Å². The summed E-state index contributed by atoms with van der Waals surface area (Å²) >= 11 is 12.0. The second-order valence-electron chi connectivity index (χ2n) is 4.91. The van der Waals surface area contributed by atoms with Crippen molar-refractivity contribution in [1.29, 1.82) is 0 Å². The van der Waals surface area contributed by atoms with Crippen molar-refractivity contribution < 1.29 is 14.3 Å². The van der Waals surface area contributed by atoms with Gasteiger partial charge in [-0.05, 0) is 31.5 Å². The molecule has 1 atom stereocenters. The Morgan fingerprint density at radius 2 is 2.09 bits per heavy atom. The van der Waals surface area contributed by atoms with E-state index in [9.17, 15) is 9.59 Å². The van der Waals surface area contributed by atoms with Gasteiger partial charge in [0.1, 0.15) is 6.61 Å². The van der Waals surface area contributed by atoms with Gasteiger partial charge < -0.3 is 15.4 Å². The fourth-order valence-corrected chi connectivity index (χ4v) is 2.51. The first-order chi connectivity index (χ1) is 10.9.